The first-order valence-electron chi connectivity index (χ1n) is 10.8. The van der Waals surface area contributed by atoms with E-state index in [1.807, 2.05) is 31.7 Å². The number of halogens is 1. The Morgan fingerprint density at radius 3 is 2.58 bits per heavy atom. The van der Waals surface area contributed by atoms with Crippen molar-refractivity contribution in [1.29, 1.82) is 0 Å². The molecule has 172 valence electrons. The van der Waals surface area contributed by atoms with Crippen molar-refractivity contribution in [3.63, 3.8) is 0 Å². The number of hydrogen-bond donors (Lipinski definition) is 0. The van der Waals surface area contributed by atoms with Gasteiger partial charge in [-0.25, -0.2) is 21.8 Å². The van der Waals surface area contributed by atoms with Gasteiger partial charge in [0.2, 0.25) is 0 Å². The van der Waals surface area contributed by atoms with Crippen LogP contribution in [0, 0.1) is 19.8 Å². The number of aromatic nitrogens is 3. The fourth-order valence-corrected chi connectivity index (χ4v) is 7.00. The van der Waals surface area contributed by atoms with Crippen LogP contribution in [-0.4, -0.2) is 34.0 Å². The summed E-state index contributed by atoms with van der Waals surface area (Å²) in [6, 6.07) is 9.96. The molecule has 0 N–H and O–H groups in total. The van der Waals surface area contributed by atoms with Gasteiger partial charge >= 0.3 is 0 Å². The molecule has 4 heterocycles. The van der Waals surface area contributed by atoms with E-state index in [4.69, 9.17) is 4.52 Å². The third kappa shape index (κ3) is 3.87. The van der Waals surface area contributed by atoms with Gasteiger partial charge in [0.15, 0.2) is 5.65 Å². The summed E-state index contributed by atoms with van der Waals surface area (Å²) in [6.07, 6.45) is 3.27. The summed E-state index contributed by atoms with van der Waals surface area (Å²) in [5.41, 5.74) is 2.80. The van der Waals surface area contributed by atoms with Gasteiger partial charge in [-0.05, 0) is 62.3 Å². The van der Waals surface area contributed by atoms with Crippen LogP contribution in [0.1, 0.15) is 36.0 Å². The number of aryl methyl sites for hydroxylation is 2. The lowest BCUT2D eigenvalue weighted by Gasteiger charge is -2.24. The van der Waals surface area contributed by atoms with Crippen LogP contribution in [0.15, 0.2) is 58.2 Å². The van der Waals surface area contributed by atoms with Crippen molar-refractivity contribution in [3.8, 4) is 11.1 Å². The van der Waals surface area contributed by atoms with Gasteiger partial charge in [-0.1, -0.05) is 23.4 Å². The van der Waals surface area contributed by atoms with Crippen LogP contribution in [0.4, 0.5) is 4.39 Å². The maximum Gasteiger partial charge on any atom is 0.269 e. The Hall–Kier alpha value is -2.65. The van der Waals surface area contributed by atoms with E-state index in [-0.39, 0.29) is 16.5 Å². The third-order valence-corrected chi connectivity index (χ3v) is 8.95. The lowest BCUT2D eigenvalue weighted by Crippen LogP contribution is -2.15. The second-order valence-electron chi connectivity index (χ2n) is 8.34. The van der Waals surface area contributed by atoms with Crippen LogP contribution in [0.3, 0.4) is 0 Å². The fourth-order valence-electron chi connectivity index (χ4n) is 4.51. The van der Waals surface area contributed by atoms with Gasteiger partial charge in [0.25, 0.3) is 10.0 Å². The summed E-state index contributed by atoms with van der Waals surface area (Å²) in [5.74, 6) is 2.31. The lowest BCUT2D eigenvalue weighted by molar-refractivity contribution is 0.221. The summed E-state index contributed by atoms with van der Waals surface area (Å²) in [4.78, 5) is 4.64. The maximum atomic E-state index is 15.9. The van der Waals surface area contributed by atoms with Crippen LogP contribution in [-0.2, 0) is 10.0 Å². The van der Waals surface area contributed by atoms with E-state index in [2.05, 4.69) is 10.1 Å². The number of thioether (sulfide) groups is 1. The third-order valence-electron chi connectivity index (χ3n) is 6.24. The van der Waals surface area contributed by atoms with Crippen molar-refractivity contribution in [2.24, 2.45) is 5.92 Å². The van der Waals surface area contributed by atoms with Crippen molar-refractivity contribution in [2.75, 3.05) is 11.5 Å². The molecule has 0 saturated carbocycles. The molecule has 1 fully saturated rings. The maximum absolute atomic E-state index is 15.9. The Kier molecular flexibility index (Phi) is 5.78. The number of nitrogens with zero attached hydrogens (tertiary/aromatic N) is 3. The highest BCUT2D eigenvalue weighted by Gasteiger charge is 2.31. The monoisotopic (exact) mass is 485 g/mol. The first-order valence-corrected chi connectivity index (χ1v) is 13.4. The predicted octanol–water partition coefficient (Wildman–Crippen LogP) is 5.70. The highest BCUT2D eigenvalue weighted by Crippen LogP contribution is 2.41. The molecule has 0 spiro atoms. The molecule has 1 aliphatic heterocycles. The average molecular weight is 486 g/mol. The van der Waals surface area contributed by atoms with Crippen LogP contribution in [0.25, 0.3) is 22.2 Å². The molecule has 1 unspecified atom stereocenters. The predicted molar refractivity (Wildman–Crippen MR) is 128 cm³/mol. The second kappa shape index (κ2) is 8.61. The molecule has 9 heteroatoms. The molecule has 1 atom stereocenters. The SMILES string of the molecule is Cc1noc(C)c1-c1cnc2c(c1)c(C(F)C1CCSCC1)cn2S(=O)(=O)c1ccccc1. The van der Waals surface area contributed by atoms with Gasteiger partial charge in [0.1, 0.15) is 11.9 Å². The van der Waals surface area contributed by atoms with Crippen molar-refractivity contribution < 1.29 is 17.3 Å². The smallest absolute Gasteiger partial charge is 0.269 e. The van der Waals surface area contributed by atoms with Gasteiger partial charge in [0, 0.05) is 34.5 Å². The van der Waals surface area contributed by atoms with Gasteiger partial charge in [-0.2, -0.15) is 11.8 Å². The van der Waals surface area contributed by atoms with E-state index in [1.165, 1.54) is 18.3 Å². The van der Waals surface area contributed by atoms with E-state index in [1.54, 1.807) is 24.4 Å². The van der Waals surface area contributed by atoms with Crippen molar-refractivity contribution in [1.82, 2.24) is 14.1 Å². The molecule has 5 rings (SSSR count). The van der Waals surface area contributed by atoms with E-state index in [9.17, 15) is 8.42 Å². The van der Waals surface area contributed by atoms with Gasteiger partial charge in [0.05, 0.1) is 10.6 Å². The normalized spacial score (nSPS) is 16.3. The zero-order chi connectivity index (χ0) is 23.2. The first-order chi connectivity index (χ1) is 15.9. The molecule has 1 aliphatic rings. The molecular weight excluding hydrogens is 461 g/mol. The van der Waals surface area contributed by atoms with E-state index in [0.29, 0.717) is 22.4 Å². The van der Waals surface area contributed by atoms with E-state index in [0.717, 1.165) is 39.4 Å². The van der Waals surface area contributed by atoms with Crippen LogP contribution >= 0.6 is 11.8 Å². The molecule has 0 amide bonds. The molecule has 6 nitrogen and oxygen atoms in total. The Morgan fingerprint density at radius 1 is 1.18 bits per heavy atom. The Balaban J connectivity index is 1.72. The molecular formula is C24H24FN3O3S2. The zero-order valence-corrected chi connectivity index (χ0v) is 20.0. The number of hydrogen-bond acceptors (Lipinski definition) is 6. The Morgan fingerprint density at radius 2 is 1.91 bits per heavy atom. The number of fused-ring (bicyclic) bond motifs is 1. The van der Waals surface area contributed by atoms with Crippen molar-refractivity contribution in [3.05, 3.63) is 65.8 Å². The van der Waals surface area contributed by atoms with Crippen LogP contribution in [0.5, 0.6) is 0 Å². The summed E-state index contributed by atoms with van der Waals surface area (Å²) >= 11 is 1.83. The topological polar surface area (TPSA) is 78.0 Å². The van der Waals surface area contributed by atoms with Gasteiger partial charge in [-0.15, -0.1) is 0 Å². The molecule has 0 aliphatic carbocycles. The van der Waals surface area contributed by atoms with E-state index >= 15 is 4.39 Å². The average Bonchev–Trinajstić information content (AvgIpc) is 3.39. The van der Waals surface area contributed by atoms with Crippen LogP contribution < -0.4 is 0 Å². The highest BCUT2D eigenvalue weighted by atomic mass is 32.2. The van der Waals surface area contributed by atoms with Crippen molar-refractivity contribution >= 4 is 32.8 Å². The van der Waals surface area contributed by atoms with Gasteiger partial charge < -0.3 is 4.52 Å². The Bertz CT molecular complexity index is 1390. The number of benzene rings is 1. The molecule has 1 saturated heterocycles. The molecule has 0 radical (unpaired) electrons. The molecule has 4 aromatic rings. The largest absolute Gasteiger partial charge is 0.361 e. The summed E-state index contributed by atoms with van der Waals surface area (Å²) in [5, 5.41) is 4.51. The zero-order valence-electron chi connectivity index (χ0n) is 18.4. The summed E-state index contributed by atoms with van der Waals surface area (Å²) in [6.45, 7) is 3.64. The molecule has 1 aromatic carbocycles. The number of rotatable bonds is 5. The summed E-state index contributed by atoms with van der Waals surface area (Å²) in [7, 11) is -3.94. The minimum absolute atomic E-state index is 0.134. The molecule has 33 heavy (non-hydrogen) atoms. The fraction of sp³-hybridized carbons (Fsp3) is 0.333. The lowest BCUT2D eigenvalue weighted by atomic mass is 9.91. The second-order valence-corrected chi connectivity index (χ2v) is 11.4. The number of alkyl halides is 1. The standard InChI is InChI=1S/C24H24FN3O3S2/c1-15-22(16(2)31-27-15)18-12-20-21(23(25)17-8-10-32-11-9-17)14-28(24(20)26-13-18)33(29,30)19-6-4-3-5-7-19/h3-7,12-14,17,23H,8-11H2,1-2H3. The molecule has 0 bridgehead atoms. The molecule has 3 aromatic heterocycles. The first kappa shape index (κ1) is 22.2. The van der Waals surface area contributed by atoms with Gasteiger partial charge in [-0.3, -0.25) is 0 Å². The Labute approximate surface area is 196 Å². The van der Waals surface area contributed by atoms with E-state index < -0.39 is 16.2 Å². The number of pyridine rings is 1. The van der Waals surface area contributed by atoms with Crippen LogP contribution in [0.2, 0.25) is 0 Å². The quantitative estimate of drug-likeness (QED) is 0.361. The minimum atomic E-state index is -3.94. The van der Waals surface area contributed by atoms with Crippen molar-refractivity contribution in [2.45, 2.75) is 37.8 Å². The highest BCUT2D eigenvalue weighted by molar-refractivity contribution is 7.99. The summed E-state index contributed by atoms with van der Waals surface area (Å²) < 4.78 is 49.2. The minimum Gasteiger partial charge on any atom is -0.361 e.